The minimum absolute atomic E-state index is 0.503. The van der Waals surface area contributed by atoms with Crippen molar-refractivity contribution >= 4 is 6.08 Å². The highest BCUT2D eigenvalue weighted by atomic mass is 16.7. The topological polar surface area (TPSA) is 64.3 Å². The van der Waals surface area contributed by atoms with Crippen molar-refractivity contribution in [3.63, 3.8) is 0 Å². The highest BCUT2D eigenvalue weighted by Crippen LogP contribution is 2.23. The number of benzene rings is 1. The van der Waals surface area contributed by atoms with Gasteiger partial charge in [0, 0.05) is 31.6 Å². The van der Waals surface area contributed by atoms with Gasteiger partial charge in [-0.1, -0.05) is 30.3 Å². The van der Waals surface area contributed by atoms with Crippen LogP contribution >= 0.6 is 0 Å². The summed E-state index contributed by atoms with van der Waals surface area (Å²) in [6.07, 6.45) is 3.14. The fourth-order valence-electron chi connectivity index (χ4n) is 3.23. The molecule has 1 aromatic heterocycles. The van der Waals surface area contributed by atoms with Gasteiger partial charge in [0.05, 0.1) is 6.54 Å². The predicted octanol–water partition coefficient (Wildman–Crippen LogP) is 2.37. The zero-order valence-electron chi connectivity index (χ0n) is 16.2. The van der Waals surface area contributed by atoms with E-state index in [1.807, 2.05) is 32.3 Å². The van der Waals surface area contributed by atoms with Crippen LogP contribution in [0.4, 0.5) is 0 Å². The number of fused-ring (bicyclic) bond motifs is 1. The summed E-state index contributed by atoms with van der Waals surface area (Å²) in [5.41, 5.74) is 2.41. The van der Waals surface area contributed by atoms with E-state index in [0.717, 1.165) is 49.3 Å². The van der Waals surface area contributed by atoms with Crippen LogP contribution in [-0.2, 0) is 30.8 Å². The number of hydrogen-bond donors (Lipinski definition) is 0. The van der Waals surface area contributed by atoms with Crippen LogP contribution < -0.4 is 5.11 Å². The average molecular weight is 370 g/mol. The van der Waals surface area contributed by atoms with Crippen molar-refractivity contribution in [3.8, 4) is 0 Å². The van der Waals surface area contributed by atoms with Crippen LogP contribution in [0.25, 0.3) is 0 Å². The predicted molar refractivity (Wildman–Crippen MR) is 103 cm³/mol. The molecule has 0 radical (unpaired) electrons. The molecule has 6 nitrogen and oxygen atoms in total. The fourth-order valence-corrected chi connectivity index (χ4v) is 3.23. The Morgan fingerprint density at radius 3 is 2.85 bits per heavy atom. The first kappa shape index (κ1) is 19.5. The SMILES string of the molecule is CN(C)Cc1cc2c(o1)CCN(OC([O-])=NCCCCc1ccccc1)C2. The van der Waals surface area contributed by atoms with E-state index in [-0.39, 0.29) is 0 Å². The third-order valence-electron chi connectivity index (χ3n) is 4.52. The normalized spacial score (nSPS) is 15.1. The molecular weight excluding hydrogens is 342 g/mol. The van der Waals surface area contributed by atoms with Crippen molar-refractivity contribution in [3.05, 3.63) is 59.0 Å². The molecule has 1 aliphatic heterocycles. The van der Waals surface area contributed by atoms with Gasteiger partial charge >= 0.3 is 0 Å². The minimum atomic E-state index is -0.504. The summed E-state index contributed by atoms with van der Waals surface area (Å²) in [7, 11) is 4.02. The molecule has 1 aliphatic rings. The Labute approximate surface area is 161 Å². The van der Waals surface area contributed by atoms with Crippen LogP contribution in [0.5, 0.6) is 0 Å². The number of aliphatic imine (C=N–C) groups is 1. The van der Waals surface area contributed by atoms with Crippen molar-refractivity contribution in [1.29, 1.82) is 0 Å². The van der Waals surface area contributed by atoms with Crippen molar-refractivity contribution in [1.82, 2.24) is 9.96 Å². The lowest BCUT2D eigenvalue weighted by molar-refractivity contribution is -0.287. The van der Waals surface area contributed by atoms with Crippen LogP contribution in [0.15, 0.2) is 45.8 Å². The van der Waals surface area contributed by atoms with Crippen LogP contribution in [0.2, 0.25) is 0 Å². The van der Waals surface area contributed by atoms with Crippen LogP contribution in [0.3, 0.4) is 0 Å². The monoisotopic (exact) mass is 370 g/mol. The highest BCUT2D eigenvalue weighted by molar-refractivity contribution is 5.61. The zero-order chi connectivity index (χ0) is 19.1. The molecule has 2 aromatic rings. The van der Waals surface area contributed by atoms with E-state index in [9.17, 15) is 5.11 Å². The largest absolute Gasteiger partial charge is 0.528 e. The molecule has 0 N–H and O–H groups in total. The second-order valence-corrected chi connectivity index (χ2v) is 7.19. The summed E-state index contributed by atoms with van der Waals surface area (Å²) in [5, 5.41) is 13.6. The molecule has 0 aliphatic carbocycles. The Morgan fingerprint density at radius 2 is 2.07 bits per heavy atom. The third kappa shape index (κ3) is 6.12. The average Bonchev–Trinajstić information content (AvgIpc) is 3.03. The van der Waals surface area contributed by atoms with Gasteiger partial charge in [-0.15, -0.1) is 0 Å². The van der Waals surface area contributed by atoms with E-state index in [1.54, 1.807) is 5.06 Å². The Balaban J connectivity index is 1.39. The molecule has 0 atom stereocenters. The molecule has 0 amide bonds. The minimum Gasteiger partial charge on any atom is -0.528 e. The molecule has 6 heteroatoms. The first-order valence-corrected chi connectivity index (χ1v) is 9.53. The molecule has 27 heavy (non-hydrogen) atoms. The molecule has 1 aromatic carbocycles. The van der Waals surface area contributed by atoms with Gasteiger partial charge < -0.3 is 19.3 Å². The molecule has 0 fully saturated rings. The first-order chi connectivity index (χ1) is 13.1. The summed E-state index contributed by atoms with van der Waals surface area (Å²) in [6.45, 7) is 2.47. The molecule has 0 bridgehead atoms. The summed E-state index contributed by atoms with van der Waals surface area (Å²) in [6, 6.07) is 12.4. The molecule has 0 saturated heterocycles. The Morgan fingerprint density at radius 1 is 1.26 bits per heavy atom. The maximum Gasteiger partial charge on any atom is 0.159 e. The third-order valence-corrected chi connectivity index (χ3v) is 4.52. The maximum atomic E-state index is 11.9. The van der Waals surface area contributed by atoms with E-state index < -0.39 is 6.08 Å². The van der Waals surface area contributed by atoms with E-state index in [2.05, 4.69) is 28.1 Å². The van der Waals surface area contributed by atoms with Gasteiger partial charge in [-0.05, 0) is 45.0 Å². The Hall–Kier alpha value is -2.31. The maximum absolute atomic E-state index is 11.9. The number of hydrogen-bond acceptors (Lipinski definition) is 6. The number of unbranched alkanes of at least 4 members (excludes halogenated alkanes) is 1. The second kappa shape index (κ2) is 9.58. The lowest BCUT2D eigenvalue weighted by atomic mass is 10.1. The molecule has 0 saturated carbocycles. The van der Waals surface area contributed by atoms with Gasteiger partial charge in [0.25, 0.3) is 0 Å². The highest BCUT2D eigenvalue weighted by Gasteiger charge is 2.19. The van der Waals surface area contributed by atoms with Crippen molar-refractivity contribution in [2.75, 3.05) is 27.2 Å². The summed E-state index contributed by atoms with van der Waals surface area (Å²) in [5.74, 6) is 1.94. The smallest absolute Gasteiger partial charge is 0.159 e. The number of aryl methyl sites for hydroxylation is 1. The van der Waals surface area contributed by atoms with Crippen molar-refractivity contribution < 1.29 is 14.4 Å². The molecule has 3 rings (SSSR count). The molecule has 2 heterocycles. The van der Waals surface area contributed by atoms with Gasteiger partial charge in [0.2, 0.25) is 0 Å². The second-order valence-electron chi connectivity index (χ2n) is 7.19. The fraction of sp³-hybridized carbons (Fsp3) is 0.476. The Kier molecular flexibility index (Phi) is 6.90. The number of hydroxylamine groups is 2. The molecule has 0 spiro atoms. The van der Waals surface area contributed by atoms with Gasteiger partial charge in [-0.2, -0.15) is 0 Å². The quantitative estimate of drug-likeness (QED) is 0.405. The van der Waals surface area contributed by atoms with Crippen molar-refractivity contribution in [2.24, 2.45) is 4.99 Å². The molecule has 146 valence electrons. The van der Waals surface area contributed by atoms with Crippen LogP contribution in [-0.4, -0.2) is 43.2 Å². The summed E-state index contributed by atoms with van der Waals surface area (Å²) >= 11 is 0. The van der Waals surface area contributed by atoms with E-state index in [4.69, 9.17) is 9.25 Å². The van der Waals surface area contributed by atoms with Gasteiger partial charge in [-0.25, -0.2) is 5.06 Å². The Bertz CT molecular complexity index is 740. The number of furan rings is 1. The molecule has 0 unspecified atom stereocenters. The number of nitrogens with zero attached hydrogens (tertiary/aromatic N) is 3. The van der Waals surface area contributed by atoms with E-state index in [0.29, 0.717) is 19.6 Å². The van der Waals surface area contributed by atoms with Crippen molar-refractivity contribution in [2.45, 2.75) is 38.8 Å². The van der Waals surface area contributed by atoms with Gasteiger partial charge in [0.15, 0.2) is 6.08 Å². The van der Waals surface area contributed by atoms with Crippen LogP contribution in [0.1, 0.15) is 35.5 Å². The van der Waals surface area contributed by atoms with Gasteiger partial charge in [-0.3, -0.25) is 4.99 Å². The van der Waals surface area contributed by atoms with Gasteiger partial charge in [0.1, 0.15) is 11.5 Å². The first-order valence-electron chi connectivity index (χ1n) is 9.53. The lowest BCUT2D eigenvalue weighted by Crippen LogP contribution is -2.36. The van der Waals surface area contributed by atoms with E-state index in [1.165, 1.54) is 5.56 Å². The summed E-state index contributed by atoms with van der Waals surface area (Å²) in [4.78, 5) is 11.5. The standard InChI is InChI=1S/C21H29N3O3/c1-23(2)16-19-14-18-15-24(13-11-20(18)26-19)27-21(25)22-12-7-6-10-17-8-4-3-5-9-17/h3-5,8-9,14H,6-7,10-13,15-16H2,1-2H3,(H,22,25)/p-1. The van der Waals surface area contributed by atoms with E-state index >= 15 is 0 Å². The van der Waals surface area contributed by atoms with Crippen LogP contribution in [0, 0.1) is 0 Å². The lowest BCUT2D eigenvalue weighted by Gasteiger charge is -2.32. The molecular formula is C21H28N3O3-. The summed E-state index contributed by atoms with van der Waals surface area (Å²) < 4.78 is 5.87. The number of rotatable bonds is 8. The zero-order valence-corrected chi connectivity index (χ0v) is 16.2.